The average Bonchev–Trinajstić information content (AvgIpc) is 3.12. The molecule has 0 bridgehead atoms. The van der Waals surface area contributed by atoms with E-state index in [1.807, 2.05) is 0 Å². The SMILES string of the molecule is [2H]C1([2H])N2CCC3(CC3)[C@@]2(CC(C)C)C[C@@]12C[C@@H]2F. The van der Waals surface area contributed by atoms with E-state index in [-0.39, 0.29) is 5.54 Å². The van der Waals surface area contributed by atoms with E-state index in [2.05, 4.69) is 18.7 Å². The second-order valence-corrected chi connectivity index (χ2v) is 7.43. The number of hydrogen-bond acceptors (Lipinski definition) is 1. The molecule has 0 radical (unpaired) electrons. The van der Waals surface area contributed by atoms with Crippen molar-refractivity contribution in [1.29, 1.82) is 0 Å². The van der Waals surface area contributed by atoms with Crippen molar-refractivity contribution in [3.63, 3.8) is 0 Å². The van der Waals surface area contributed by atoms with E-state index in [1.165, 1.54) is 12.8 Å². The van der Waals surface area contributed by atoms with Crippen molar-refractivity contribution >= 4 is 0 Å². The summed E-state index contributed by atoms with van der Waals surface area (Å²) in [7, 11) is 0. The van der Waals surface area contributed by atoms with Crippen LogP contribution in [0.5, 0.6) is 0 Å². The fourth-order valence-electron chi connectivity index (χ4n) is 4.83. The average molecular weight is 239 g/mol. The molecule has 17 heavy (non-hydrogen) atoms. The highest BCUT2D eigenvalue weighted by Gasteiger charge is 2.74. The van der Waals surface area contributed by atoms with Crippen molar-refractivity contribution in [2.24, 2.45) is 16.7 Å². The largest absolute Gasteiger partial charge is 0.296 e. The molecule has 4 fully saturated rings. The zero-order valence-corrected chi connectivity index (χ0v) is 10.9. The Morgan fingerprint density at radius 2 is 2.12 bits per heavy atom. The van der Waals surface area contributed by atoms with Gasteiger partial charge in [0.15, 0.2) is 0 Å². The molecule has 0 aromatic rings. The van der Waals surface area contributed by atoms with Crippen LogP contribution in [0.3, 0.4) is 0 Å². The minimum atomic E-state index is -1.42. The van der Waals surface area contributed by atoms with Gasteiger partial charge < -0.3 is 0 Å². The summed E-state index contributed by atoms with van der Waals surface area (Å²) in [5, 5.41) is 0. The highest BCUT2D eigenvalue weighted by atomic mass is 19.1. The molecule has 4 aliphatic rings. The van der Waals surface area contributed by atoms with Gasteiger partial charge in [-0.2, -0.15) is 0 Å². The normalized spacial score (nSPS) is 55.2. The maximum Gasteiger partial charge on any atom is 0.108 e. The number of hydrogen-bond donors (Lipinski definition) is 0. The van der Waals surface area contributed by atoms with Crippen LogP contribution >= 0.6 is 0 Å². The van der Waals surface area contributed by atoms with Crippen LogP contribution in [0.15, 0.2) is 0 Å². The monoisotopic (exact) mass is 239 g/mol. The molecule has 1 nitrogen and oxygen atoms in total. The van der Waals surface area contributed by atoms with Gasteiger partial charge in [-0.15, -0.1) is 0 Å². The summed E-state index contributed by atoms with van der Waals surface area (Å²) in [6, 6.07) is 0. The highest BCUT2D eigenvalue weighted by molar-refractivity contribution is 5.27. The lowest BCUT2D eigenvalue weighted by molar-refractivity contribution is 0.107. The summed E-state index contributed by atoms with van der Waals surface area (Å²) in [5.41, 5.74) is -0.375. The van der Waals surface area contributed by atoms with Crippen molar-refractivity contribution < 1.29 is 7.13 Å². The minimum absolute atomic E-state index is 0.0362. The van der Waals surface area contributed by atoms with Crippen LogP contribution in [0.25, 0.3) is 0 Å². The number of alkyl halides is 1. The van der Waals surface area contributed by atoms with Crippen LogP contribution in [0, 0.1) is 16.7 Å². The summed E-state index contributed by atoms with van der Waals surface area (Å²) in [4.78, 5) is 2.10. The summed E-state index contributed by atoms with van der Waals surface area (Å²) >= 11 is 0. The summed E-state index contributed by atoms with van der Waals surface area (Å²) < 4.78 is 31.1. The third-order valence-corrected chi connectivity index (χ3v) is 5.87. The Kier molecular flexibility index (Phi) is 1.52. The molecule has 2 heterocycles. The fraction of sp³-hybridized carbons (Fsp3) is 1.00. The smallest absolute Gasteiger partial charge is 0.108 e. The van der Waals surface area contributed by atoms with Gasteiger partial charge in [0.25, 0.3) is 0 Å². The molecule has 3 atom stereocenters. The second-order valence-electron chi connectivity index (χ2n) is 7.43. The highest BCUT2D eigenvalue weighted by Crippen LogP contribution is 2.73. The van der Waals surface area contributed by atoms with Crippen molar-refractivity contribution in [2.45, 2.75) is 64.1 Å². The Hall–Kier alpha value is -0.110. The first-order valence-corrected chi connectivity index (χ1v) is 7.22. The van der Waals surface area contributed by atoms with Crippen LogP contribution in [0.4, 0.5) is 4.39 Å². The molecule has 0 aromatic carbocycles. The molecular weight excluding hydrogens is 213 g/mol. The molecule has 0 aromatic heterocycles. The molecule has 96 valence electrons. The zero-order valence-electron chi connectivity index (χ0n) is 12.9. The fourth-order valence-corrected chi connectivity index (χ4v) is 4.83. The maximum atomic E-state index is 14.0. The van der Waals surface area contributed by atoms with Crippen LogP contribution in [-0.2, 0) is 0 Å². The topological polar surface area (TPSA) is 3.24 Å². The molecule has 0 unspecified atom stereocenters. The molecule has 2 spiro atoms. The number of halogens is 1. The van der Waals surface area contributed by atoms with E-state index in [0.29, 0.717) is 17.8 Å². The third kappa shape index (κ3) is 1.18. The molecular formula is C15H24FN. The van der Waals surface area contributed by atoms with Crippen molar-refractivity contribution in [1.82, 2.24) is 4.90 Å². The molecule has 2 saturated heterocycles. The zero-order chi connectivity index (χ0) is 13.7. The Morgan fingerprint density at radius 1 is 1.41 bits per heavy atom. The van der Waals surface area contributed by atoms with Crippen molar-refractivity contribution in [3.8, 4) is 0 Å². The molecule has 0 N–H and O–H groups in total. The minimum Gasteiger partial charge on any atom is -0.296 e. The van der Waals surface area contributed by atoms with Gasteiger partial charge in [0, 0.05) is 20.2 Å². The molecule has 2 heteroatoms. The number of nitrogens with zero attached hydrogens (tertiary/aromatic N) is 1. The molecule has 2 saturated carbocycles. The molecule has 0 amide bonds. The van der Waals surface area contributed by atoms with Crippen molar-refractivity contribution in [2.75, 3.05) is 13.0 Å². The van der Waals surface area contributed by atoms with Gasteiger partial charge in [-0.3, -0.25) is 4.90 Å². The van der Waals surface area contributed by atoms with Crippen molar-refractivity contribution in [3.05, 3.63) is 0 Å². The maximum absolute atomic E-state index is 14.0. The molecule has 2 aliphatic heterocycles. The van der Waals surface area contributed by atoms with E-state index in [4.69, 9.17) is 2.74 Å². The summed E-state index contributed by atoms with van der Waals surface area (Å²) in [6.07, 6.45) is 4.96. The van der Waals surface area contributed by atoms with Crippen LogP contribution < -0.4 is 0 Å². The van der Waals surface area contributed by atoms with Gasteiger partial charge in [0.2, 0.25) is 0 Å². The summed E-state index contributed by atoms with van der Waals surface area (Å²) in [5.74, 6) is 0.556. The van der Waals surface area contributed by atoms with Gasteiger partial charge in [-0.05, 0) is 56.4 Å². The lowest BCUT2D eigenvalue weighted by Gasteiger charge is -2.39. The van der Waals surface area contributed by atoms with Gasteiger partial charge in [-0.25, -0.2) is 4.39 Å². The van der Waals surface area contributed by atoms with Crippen LogP contribution in [-0.4, -0.2) is 29.7 Å². The number of rotatable bonds is 2. The van der Waals surface area contributed by atoms with E-state index < -0.39 is 18.1 Å². The predicted molar refractivity (Wildman–Crippen MR) is 66.6 cm³/mol. The molecule has 2 aliphatic carbocycles. The third-order valence-electron chi connectivity index (χ3n) is 5.87. The Morgan fingerprint density at radius 3 is 2.65 bits per heavy atom. The lowest BCUT2D eigenvalue weighted by Crippen LogP contribution is -2.45. The second kappa shape index (κ2) is 2.89. The molecule has 4 rings (SSSR count). The van der Waals surface area contributed by atoms with Gasteiger partial charge in [-0.1, -0.05) is 13.8 Å². The van der Waals surface area contributed by atoms with Crippen LogP contribution in [0.2, 0.25) is 0 Å². The van der Waals surface area contributed by atoms with E-state index in [0.717, 1.165) is 25.8 Å². The Balaban J connectivity index is 1.79. The Labute approximate surface area is 107 Å². The van der Waals surface area contributed by atoms with E-state index >= 15 is 0 Å². The van der Waals surface area contributed by atoms with E-state index in [1.54, 1.807) is 0 Å². The van der Waals surface area contributed by atoms with Gasteiger partial charge in [0.05, 0.1) is 0 Å². The quantitative estimate of drug-likeness (QED) is 0.714. The van der Waals surface area contributed by atoms with Crippen LogP contribution in [0.1, 0.15) is 55.1 Å². The van der Waals surface area contributed by atoms with Gasteiger partial charge in [0.1, 0.15) is 6.17 Å². The standard InChI is InChI=1S/C15H24FN/c1-11(2)7-15-9-13(8-12(13)16)10-17(15)6-5-14(15)3-4-14/h11-12H,3-10H2,1-2H3/t12-,13-,15+/m0/s1/i10D2. The lowest BCUT2D eigenvalue weighted by atomic mass is 9.72. The van der Waals surface area contributed by atoms with Gasteiger partial charge >= 0.3 is 0 Å². The number of fused-ring (bicyclic) bond motifs is 2. The first kappa shape index (κ1) is 8.90. The first-order valence-electron chi connectivity index (χ1n) is 8.22. The summed E-state index contributed by atoms with van der Waals surface area (Å²) in [6.45, 7) is 3.87. The Bertz CT molecular complexity index is 434. The first-order chi connectivity index (χ1) is 8.80. The van der Waals surface area contributed by atoms with E-state index in [9.17, 15) is 4.39 Å². The predicted octanol–water partition coefficient (Wildman–Crippen LogP) is 3.39.